The number of aromatic nitrogens is 4. The topological polar surface area (TPSA) is 110 Å². The van der Waals surface area contributed by atoms with Gasteiger partial charge in [-0.25, -0.2) is 14.0 Å². The summed E-state index contributed by atoms with van der Waals surface area (Å²) in [6, 6.07) is 1.54. The summed E-state index contributed by atoms with van der Waals surface area (Å²) in [4.78, 5) is 37.9. The molecule has 3 rings (SSSR count). The van der Waals surface area contributed by atoms with Crippen molar-refractivity contribution >= 4 is 17.4 Å². The Balaban J connectivity index is 1.86. The molecule has 2 aromatic heterocycles. The number of amides is 1. The van der Waals surface area contributed by atoms with Crippen LogP contribution in [-0.4, -0.2) is 53.9 Å². The molecule has 1 N–H and O–H groups in total. The highest BCUT2D eigenvalue weighted by atomic mass is 16.4. The molecule has 1 amide bonds. The molecule has 2 aromatic rings. The van der Waals surface area contributed by atoms with Gasteiger partial charge in [-0.15, -0.1) is 0 Å². The van der Waals surface area contributed by atoms with E-state index in [1.54, 1.807) is 0 Å². The molecule has 9 heteroatoms. The second-order valence-electron chi connectivity index (χ2n) is 6.10. The van der Waals surface area contributed by atoms with E-state index in [-0.39, 0.29) is 6.54 Å². The summed E-state index contributed by atoms with van der Waals surface area (Å²) < 4.78 is 2.36. The highest BCUT2D eigenvalue weighted by molar-refractivity contribution is 5.87. The van der Waals surface area contributed by atoms with Crippen LogP contribution < -0.4 is 5.56 Å². The third-order valence-corrected chi connectivity index (χ3v) is 4.80. The number of rotatable bonds is 4. The zero-order chi connectivity index (χ0) is 17.3. The van der Waals surface area contributed by atoms with Gasteiger partial charge in [0.1, 0.15) is 23.9 Å². The van der Waals surface area contributed by atoms with Gasteiger partial charge in [-0.05, 0) is 18.9 Å². The molecule has 1 saturated carbocycles. The Morgan fingerprint density at radius 2 is 2.00 bits per heavy atom. The number of nitrogens with zero attached hydrogens (tertiary/aromatic N) is 5. The van der Waals surface area contributed by atoms with Crippen molar-refractivity contribution in [2.24, 2.45) is 0 Å². The van der Waals surface area contributed by atoms with E-state index in [1.807, 2.05) is 0 Å². The SMILES string of the molecule is CN(C(=O)Cn1ncn2nccc2c1=O)C1(C(=O)O)CCCCC1. The molecule has 0 radical (unpaired) electrons. The van der Waals surface area contributed by atoms with Crippen LogP contribution in [-0.2, 0) is 16.1 Å². The minimum atomic E-state index is -1.19. The monoisotopic (exact) mass is 333 g/mol. The van der Waals surface area contributed by atoms with Crippen LogP contribution >= 0.6 is 0 Å². The van der Waals surface area contributed by atoms with E-state index in [9.17, 15) is 19.5 Å². The summed E-state index contributed by atoms with van der Waals surface area (Å²) in [7, 11) is 1.49. The summed E-state index contributed by atoms with van der Waals surface area (Å²) >= 11 is 0. The number of hydrogen-bond acceptors (Lipinski definition) is 5. The molecule has 2 heterocycles. The minimum absolute atomic E-state index is 0.300. The van der Waals surface area contributed by atoms with Crippen molar-refractivity contribution in [3.8, 4) is 0 Å². The zero-order valence-electron chi connectivity index (χ0n) is 13.4. The van der Waals surface area contributed by atoms with E-state index in [0.717, 1.165) is 23.9 Å². The molecule has 0 saturated heterocycles. The quantitative estimate of drug-likeness (QED) is 0.852. The molecule has 0 aliphatic heterocycles. The lowest BCUT2D eigenvalue weighted by atomic mass is 9.80. The molecule has 1 aliphatic carbocycles. The third-order valence-electron chi connectivity index (χ3n) is 4.80. The second-order valence-corrected chi connectivity index (χ2v) is 6.10. The number of carbonyl (C=O) groups is 2. The summed E-state index contributed by atoms with van der Waals surface area (Å²) in [6.07, 6.45) is 6.17. The van der Waals surface area contributed by atoms with Gasteiger partial charge in [-0.2, -0.15) is 10.2 Å². The number of carbonyl (C=O) groups excluding carboxylic acids is 1. The largest absolute Gasteiger partial charge is 0.479 e. The molecule has 128 valence electrons. The van der Waals surface area contributed by atoms with E-state index < -0.39 is 23.0 Å². The van der Waals surface area contributed by atoms with Gasteiger partial charge in [0.05, 0.1) is 6.20 Å². The highest BCUT2D eigenvalue weighted by Gasteiger charge is 2.45. The van der Waals surface area contributed by atoms with Crippen molar-refractivity contribution in [2.45, 2.75) is 44.2 Å². The Morgan fingerprint density at radius 1 is 1.29 bits per heavy atom. The highest BCUT2D eigenvalue weighted by Crippen LogP contribution is 2.33. The predicted molar refractivity (Wildman–Crippen MR) is 83.5 cm³/mol. The number of fused-ring (bicyclic) bond motifs is 1. The molecule has 24 heavy (non-hydrogen) atoms. The minimum Gasteiger partial charge on any atom is -0.479 e. The summed E-state index contributed by atoms with van der Waals surface area (Å²) in [5, 5.41) is 17.5. The maximum atomic E-state index is 12.6. The fraction of sp³-hybridized carbons (Fsp3) is 0.533. The first-order chi connectivity index (χ1) is 11.5. The van der Waals surface area contributed by atoms with Crippen molar-refractivity contribution in [1.29, 1.82) is 0 Å². The smallest absolute Gasteiger partial charge is 0.329 e. The van der Waals surface area contributed by atoms with E-state index in [4.69, 9.17) is 0 Å². The number of aliphatic carboxylic acids is 1. The maximum Gasteiger partial charge on any atom is 0.329 e. The fourth-order valence-corrected chi connectivity index (χ4v) is 3.29. The van der Waals surface area contributed by atoms with E-state index in [0.29, 0.717) is 18.4 Å². The average molecular weight is 333 g/mol. The Kier molecular flexibility index (Phi) is 4.08. The normalized spacial score (nSPS) is 16.9. The van der Waals surface area contributed by atoms with Crippen LogP contribution in [0.5, 0.6) is 0 Å². The molecular formula is C15H19N5O4. The standard InChI is InChI=1S/C15H19N5O4/c1-18(15(14(23)24)6-3-2-4-7-15)12(21)9-19-13(22)11-5-8-16-20(11)10-17-19/h5,8,10H,2-4,6-7,9H2,1H3,(H,23,24). The average Bonchev–Trinajstić information content (AvgIpc) is 3.06. The van der Waals surface area contributed by atoms with E-state index >= 15 is 0 Å². The van der Waals surface area contributed by atoms with Gasteiger partial charge in [0.15, 0.2) is 0 Å². The Hall–Kier alpha value is -2.71. The molecule has 9 nitrogen and oxygen atoms in total. The molecule has 0 spiro atoms. The lowest BCUT2D eigenvalue weighted by molar-refractivity contribution is -0.160. The lowest BCUT2D eigenvalue weighted by Gasteiger charge is -2.41. The summed E-state index contributed by atoms with van der Waals surface area (Å²) in [5.41, 5.74) is -1.32. The van der Waals surface area contributed by atoms with Crippen LogP contribution in [0.15, 0.2) is 23.4 Å². The molecular weight excluding hydrogens is 314 g/mol. The van der Waals surface area contributed by atoms with Crippen LogP contribution in [0.25, 0.3) is 5.52 Å². The van der Waals surface area contributed by atoms with Gasteiger partial charge >= 0.3 is 5.97 Å². The zero-order valence-corrected chi connectivity index (χ0v) is 13.4. The Bertz CT molecular complexity index is 834. The van der Waals surface area contributed by atoms with Gasteiger partial charge in [0.2, 0.25) is 5.91 Å². The maximum absolute atomic E-state index is 12.6. The molecule has 1 aliphatic rings. The van der Waals surface area contributed by atoms with Crippen molar-refractivity contribution in [3.63, 3.8) is 0 Å². The van der Waals surface area contributed by atoms with Gasteiger partial charge in [0.25, 0.3) is 5.56 Å². The van der Waals surface area contributed by atoms with Crippen molar-refractivity contribution in [2.75, 3.05) is 7.05 Å². The first-order valence-electron chi connectivity index (χ1n) is 7.85. The lowest BCUT2D eigenvalue weighted by Crippen LogP contribution is -2.57. The molecule has 0 unspecified atom stereocenters. The van der Waals surface area contributed by atoms with Crippen LogP contribution in [0.2, 0.25) is 0 Å². The summed E-state index contributed by atoms with van der Waals surface area (Å²) in [5.74, 6) is -1.44. The predicted octanol–water partition coefficient (Wildman–Crippen LogP) is 0.137. The second kappa shape index (κ2) is 6.06. The molecule has 0 atom stereocenters. The van der Waals surface area contributed by atoms with Crippen molar-refractivity contribution in [3.05, 3.63) is 28.9 Å². The fourth-order valence-electron chi connectivity index (χ4n) is 3.29. The summed E-state index contributed by atoms with van der Waals surface area (Å²) in [6.45, 7) is -0.300. The third kappa shape index (κ3) is 2.55. The number of likely N-dealkylation sites (N-methyl/N-ethyl adjacent to an activating group) is 1. The van der Waals surface area contributed by atoms with Crippen LogP contribution in [0.4, 0.5) is 0 Å². The van der Waals surface area contributed by atoms with Crippen molar-refractivity contribution < 1.29 is 14.7 Å². The Morgan fingerprint density at radius 3 is 2.67 bits per heavy atom. The molecule has 0 bridgehead atoms. The number of hydrogen-bond donors (Lipinski definition) is 1. The first kappa shape index (κ1) is 16.2. The van der Waals surface area contributed by atoms with Gasteiger partial charge in [-0.3, -0.25) is 9.59 Å². The van der Waals surface area contributed by atoms with E-state index in [2.05, 4.69) is 10.2 Å². The van der Waals surface area contributed by atoms with Crippen molar-refractivity contribution in [1.82, 2.24) is 24.3 Å². The van der Waals surface area contributed by atoms with Gasteiger partial charge in [0, 0.05) is 7.05 Å². The van der Waals surface area contributed by atoms with Crippen LogP contribution in [0.3, 0.4) is 0 Å². The van der Waals surface area contributed by atoms with Crippen LogP contribution in [0, 0.1) is 0 Å². The number of carboxylic acid groups (broad SMARTS) is 1. The van der Waals surface area contributed by atoms with Gasteiger partial charge < -0.3 is 10.0 Å². The number of carboxylic acids is 1. The molecule has 0 aromatic carbocycles. The van der Waals surface area contributed by atoms with Gasteiger partial charge in [-0.1, -0.05) is 19.3 Å². The first-order valence-corrected chi connectivity index (χ1v) is 7.85. The van der Waals surface area contributed by atoms with E-state index in [1.165, 1.54) is 35.1 Å². The Labute approximate surface area is 137 Å². The molecule has 1 fully saturated rings. The van der Waals surface area contributed by atoms with Crippen LogP contribution in [0.1, 0.15) is 32.1 Å².